The van der Waals surface area contributed by atoms with Crippen molar-refractivity contribution in [1.29, 1.82) is 0 Å². The van der Waals surface area contributed by atoms with Crippen molar-refractivity contribution in [2.75, 3.05) is 7.05 Å². The molecule has 1 saturated heterocycles. The fourth-order valence-electron chi connectivity index (χ4n) is 3.36. The molecule has 0 saturated carbocycles. The number of aromatic nitrogens is 1. The lowest BCUT2D eigenvalue weighted by Gasteiger charge is -2.21. The number of furan rings is 1. The number of hydrogen-bond acceptors (Lipinski definition) is 4. The van der Waals surface area contributed by atoms with Gasteiger partial charge in [0.05, 0.1) is 17.3 Å². The van der Waals surface area contributed by atoms with Crippen LogP contribution < -0.4 is 5.32 Å². The molecule has 0 aliphatic carbocycles. The molecule has 136 valence electrons. The van der Waals surface area contributed by atoms with Gasteiger partial charge in [0.2, 0.25) is 0 Å². The molecule has 4 rings (SSSR count). The van der Waals surface area contributed by atoms with Crippen molar-refractivity contribution in [1.82, 2.24) is 15.2 Å². The number of carboxylic acid groups (broad SMARTS) is 1. The van der Waals surface area contributed by atoms with Crippen molar-refractivity contribution < 1.29 is 14.3 Å². The van der Waals surface area contributed by atoms with Crippen LogP contribution in [-0.4, -0.2) is 33.1 Å². The molecule has 2 N–H and O–H groups in total. The highest BCUT2D eigenvalue weighted by atomic mass is 32.1. The van der Waals surface area contributed by atoms with Crippen molar-refractivity contribution in [3.8, 4) is 11.3 Å². The monoisotopic (exact) mass is 379 g/mol. The lowest BCUT2D eigenvalue weighted by molar-refractivity contribution is 0.0697. The Labute approximate surface area is 161 Å². The van der Waals surface area contributed by atoms with Crippen LogP contribution in [0, 0.1) is 0 Å². The molecule has 0 radical (unpaired) electrons. The van der Waals surface area contributed by atoms with Crippen molar-refractivity contribution in [3.63, 3.8) is 0 Å². The van der Waals surface area contributed by atoms with Crippen LogP contribution in [0.3, 0.4) is 0 Å². The first-order valence-electron chi connectivity index (χ1n) is 8.43. The Morgan fingerprint density at radius 3 is 2.70 bits per heavy atom. The van der Waals surface area contributed by atoms with Crippen molar-refractivity contribution >= 4 is 23.3 Å². The van der Waals surface area contributed by atoms with Gasteiger partial charge in [0.15, 0.2) is 5.11 Å². The number of likely N-dealkylation sites (N-methyl/N-ethyl adjacent to an activating group) is 1. The van der Waals surface area contributed by atoms with Gasteiger partial charge in [0.25, 0.3) is 0 Å². The maximum absolute atomic E-state index is 11.5. The van der Waals surface area contributed by atoms with E-state index in [1.807, 2.05) is 36.2 Å². The molecule has 1 fully saturated rings. The maximum atomic E-state index is 11.5. The summed E-state index contributed by atoms with van der Waals surface area (Å²) in [6.07, 6.45) is 1.74. The first-order valence-corrected chi connectivity index (χ1v) is 8.84. The topological polar surface area (TPSA) is 78.6 Å². The number of carbonyl (C=O) groups is 1. The van der Waals surface area contributed by atoms with Gasteiger partial charge in [-0.25, -0.2) is 4.79 Å². The number of nitrogens with zero attached hydrogens (tertiary/aromatic N) is 2. The average molecular weight is 379 g/mol. The molecule has 6 nitrogen and oxygen atoms in total. The van der Waals surface area contributed by atoms with Crippen LogP contribution in [0.15, 0.2) is 65.2 Å². The molecule has 0 amide bonds. The minimum Gasteiger partial charge on any atom is -0.478 e. The number of carboxylic acids is 1. The van der Waals surface area contributed by atoms with Gasteiger partial charge in [-0.15, -0.1) is 0 Å². The van der Waals surface area contributed by atoms with Crippen molar-refractivity contribution in [2.45, 2.75) is 12.1 Å². The zero-order valence-corrected chi connectivity index (χ0v) is 15.3. The number of nitrogens with one attached hydrogen (secondary N) is 1. The Morgan fingerprint density at radius 2 is 1.96 bits per heavy atom. The zero-order chi connectivity index (χ0) is 19.0. The summed E-state index contributed by atoms with van der Waals surface area (Å²) in [6.45, 7) is 0. The fraction of sp³-hybridized carbons (Fsp3) is 0.150. The van der Waals surface area contributed by atoms with Gasteiger partial charge in [-0.05, 0) is 42.5 Å². The van der Waals surface area contributed by atoms with Gasteiger partial charge < -0.3 is 19.7 Å². The molecular formula is C20H17N3O3S. The SMILES string of the molecule is CN1C(=S)N[C@H](c2ccccn2)[C@@H]1c1ccc(-c2ccccc2C(=O)O)o1. The molecular weight excluding hydrogens is 362 g/mol. The lowest BCUT2D eigenvalue weighted by Crippen LogP contribution is -2.24. The summed E-state index contributed by atoms with van der Waals surface area (Å²) in [7, 11) is 1.90. The Bertz CT molecular complexity index is 1000. The summed E-state index contributed by atoms with van der Waals surface area (Å²) in [5.74, 6) is 0.209. The van der Waals surface area contributed by atoms with Gasteiger partial charge in [-0.1, -0.05) is 24.3 Å². The Balaban J connectivity index is 1.74. The third-order valence-corrected chi connectivity index (χ3v) is 5.09. The Kier molecular flexibility index (Phi) is 4.37. The number of pyridine rings is 1. The molecule has 0 spiro atoms. The summed E-state index contributed by atoms with van der Waals surface area (Å²) in [4.78, 5) is 17.9. The van der Waals surface area contributed by atoms with Crippen LogP contribution in [-0.2, 0) is 0 Å². The minimum absolute atomic E-state index is 0.155. The van der Waals surface area contributed by atoms with Gasteiger partial charge in [-0.3, -0.25) is 4.98 Å². The van der Waals surface area contributed by atoms with E-state index in [2.05, 4.69) is 10.3 Å². The highest BCUT2D eigenvalue weighted by molar-refractivity contribution is 7.80. The first-order chi connectivity index (χ1) is 13.1. The predicted molar refractivity (Wildman–Crippen MR) is 104 cm³/mol. The van der Waals surface area contributed by atoms with Gasteiger partial charge in [0.1, 0.15) is 17.6 Å². The second-order valence-electron chi connectivity index (χ2n) is 6.29. The van der Waals surface area contributed by atoms with E-state index < -0.39 is 5.97 Å². The van der Waals surface area contributed by atoms with Gasteiger partial charge in [0, 0.05) is 18.8 Å². The summed E-state index contributed by atoms with van der Waals surface area (Å²) in [6, 6.07) is 15.8. The van der Waals surface area contributed by atoms with Crippen LogP contribution in [0.4, 0.5) is 0 Å². The van der Waals surface area contributed by atoms with Gasteiger partial charge in [-0.2, -0.15) is 0 Å². The normalized spacial score (nSPS) is 19.1. The molecule has 0 bridgehead atoms. The summed E-state index contributed by atoms with van der Waals surface area (Å²) < 4.78 is 6.08. The molecule has 1 aliphatic rings. The summed E-state index contributed by atoms with van der Waals surface area (Å²) in [5.41, 5.74) is 1.60. The van der Waals surface area contributed by atoms with Crippen LogP contribution in [0.25, 0.3) is 11.3 Å². The van der Waals surface area contributed by atoms with Crippen LogP contribution in [0.5, 0.6) is 0 Å². The number of hydrogen-bond donors (Lipinski definition) is 2. The van der Waals surface area contributed by atoms with E-state index in [-0.39, 0.29) is 17.6 Å². The second kappa shape index (κ2) is 6.85. The second-order valence-corrected chi connectivity index (χ2v) is 6.68. The van der Waals surface area contributed by atoms with Crippen LogP contribution in [0.2, 0.25) is 0 Å². The third kappa shape index (κ3) is 3.06. The van der Waals surface area contributed by atoms with E-state index in [0.717, 1.165) is 5.69 Å². The fourth-order valence-corrected chi connectivity index (χ4v) is 3.60. The average Bonchev–Trinajstić information content (AvgIpc) is 3.27. The molecule has 3 heterocycles. The van der Waals surface area contributed by atoms with Crippen molar-refractivity contribution in [2.24, 2.45) is 0 Å². The molecule has 7 heteroatoms. The number of benzene rings is 1. The molecule has 1 aromatic carbocycles. The van der Waals surface area contributed by atoms with E-state index >= 15 is 0 Å². The number of aromatic carboxylic acids is 1. The lowest BCUT2D eigenvalue weighted by atomic mass is 10.0. The van der Waals surface area contributed by atoms with Crippen LogP contribution >= 0.6 is 12.2 Å². The number of thiocarbonyl (C=S) groups is 1. The highest BCUT2D eigenvalue weighted by Gasteiger charge is 2.39. The smallest absolute Gasteiger partial charge is 0.336 e. The maximum Gasteiger partial charge on any atom is 0.336 e. The van der Waals surface area contributed by atoms with Crippen molar-refractivity contribution in [3.05, 3.63) is 77.8 Å². The summed E-state index contributed by atoms with van der Waals surface area (Å²) in [5, 5.41) is 13.3. The van der Waals surface area contributed by atoms with Gasteiger partial charge >= 0.3 is 5.97 Å². The van der Waals surface area contributed by atoms with E-state index in [4.69, 9.17) is 16.6 Å². The molecule has 2 aromatic heterocycles. The van der Waals surface area contributed by atoms with Crippen LogP contribution in [0.1, 0.15) is 33.9 Å². The quantitative estimate of drug-likeness (QED) is 0.670. The van der Waals surface area contributed by atoms with E-state index in [9.17, 15) is 9.90 Å². The molecule has 3 aromatic rings. The Morgan fingerprint density at radius 1 is 1.19 bits per heavy atom. The van der Waals surface area contributed by atoms with E-state index in [0.29, 0.717) is 22.2 Å². The first kappa shape index (κ1) is 17.2. The molecule has 2 atom stereocenters. The van der Waals surface area contributed by atoms with E-state index in [1.54, 1.807) is 36.5 Å². The van der Waals surface area contributed by atoms with E-state index in [1.165, 1.54) is 0 Å². The molecule has 0 unspecified atom stereocenters. The summed E-state index contributed by atoms with van der Waals surface area (Å²) >= 11 is 5.42. The highest BCUT2D eigenvalue weighted by Crippen LogP contribution is 2.39. The third-order valence-electron chi connectivity index (χ3n) is 4.68. The Hall–Kier alpha value is -3.19. The molecule has 1 aliphatic heterocycles. The molecule has 27 heavy (non-hydrogen) atoms. The predicted octanol–water partition coefficient (Wildman–Crippen LogP) is 3.64. The standard InChI is InChI=1S/C20H17N3O3S/c1-23-18(17(22-20(23)27)14-8-4-5-11-21-14)16-10-9-15(26-16)12-6-2-3-7-13(12)19(24)25/h2-11,17-18H,1H3,(H,22,27)(H,24,25)/t17-,18+/m1/s1. The minimum atomic E-state index is -0.990. The number of rotatable bonds is 4. The largest absolute Gasteiger partial charge is 0.478 e. The zero-order valence-electron chi connectivity index (χ0n) is 14.5.